The van der Waals surface area contributed by atoms with Gasteiger partial charge in [0.25, 0.3) is 0 Å². The van der Waals surface area contributed by atoms with Crippen LogP contribution >= 0.6 is 11.3 Å². The molecule has 0 spiro atoms. The van der Waals surface area contributed by atoms with Crippen molar-refractivity contribution in [2.24, 2.45) is 9.98 Å². The molecule has 0 fully saturated rings. The highest BCUT2D eigenvalue weighted by Crippen LogP contribution is 2.21. The summed E-state index contributed by atoms with van der Waals surface area (Å²) in [4.78, 5) is 10.7. The maximum Gasteiger partial charge on any atom is 0.311 e. The highest BCUT2D eigenvalue weighted by molar-refractivity contribution is 7.12. The van der Waals surface area contributed by atoms with Crippen LogP contribution in [-0.2, 0) is 0 Å². The van der Waals surface area contributed by atoms with Gasteiger partial charge >= 0.3 is 5.00 Å². The van der Waals surface area contributed by atoms with Crippen LogP contribution in [0.2, 0.25) is 0 Å². The molecule has 0 aliphatic carbocycles. The first-order chi connectivity index (χ1) is 16.7. The number of hydrogen-bond acceptors (Lipinski definition) is 3. The number of aryl methyl sites for hydroxylation is 1. The van der Waals surface area contributed by atoms with Gasteiger partial charge in [0, 0.05) is 17.7 Å². The van der Waals surface area contributed by atoms with Crippen molar-refractivity contribution < 1.29 is 17.0 Å². The molecular formula is C28H24ClN5S. The molecule has 3 aromatic carbocycles. The maximum absolute atomic E-state index is 6.71. The first-order valence-corrected chi connectivity index (χ1v) is 11.8. The molecule has 0 atom stereocenters. The first kappa shape index (κ1) is 24.1. The third kappa shape index (κ3) is 5.40. The molecule has 0 saturated heterocycles. The molecule has 0 saturated carbocycles. The fraction of sp³-hybridized carbons (Fsp3) is 0.0357. The number of nitrogens with zero attached hydrogens (tertiary/aromatic N) is 4. The van der Waals surface area contributed by atoms with E-state index in [4.69, 9.17) is 15.7 Å². The molecule has 0 amide bonds. The number of benzene rings is 3. The number of aliphatic imine (C=N–C) groups is 1. The Kier molecular flexibility index (Phi) is 7.55. The average Bonchev–Trinajstić information content (AvgIpc) is 3.21. The third-order valence-corrected chi connectivity index (χ3v) is 6.38. The highest BCUT2D eigenvalue weighted by Gasteiger charge is 2.20. The van der Waals surface area contributed by atoms with Gasteiger partial charge < -0.3 is 18.1 Å². The lowest BCUT2D eigenvalue weighted by molar-refractivity contribution is -0.590. The minimum atomic E-state index is 0. The second kappa shape index (κ2) is 11.0. The summed E-state index contributed by atoms with van der Waals surface area (Å²) in [6.07, 6.45) is 3.97. The summed E-state index contributed by atoms with van der Waals surface area (Å²) in [5, 5.41) is 0.895. The Labute approximate surface area is 214 Å². The van der Waals surface area contributed by atoms with Crippen molar-refractivity contribution in [1.82, 2.24) is 4.57 Å². The van der Waals surface area contributed by atoms with E-state index in [9.17, 15) is 0 Å². The van der Waals surface area contributed by atoms with Crippen LogP contribution in [-0.4, -0.2) is 10.4 Å². The molecule has 35 heavy (non-hydrogen) atoms. The predicted octanol–water partition coefficient (Wildman–Crippen LogP) is 2.39. The van der Waals surface area contributed by atoms with Gasteiger partial charge in [-0.05, 0) is 42.5 Å². The van der Waals surface area contributed by atoms with Crippen LogP contribution in [0.25, 0.3) is 10.7 Å². The van der Waals surface area contributed by atoms with Crippen LogP contribution in [0.5, 0.6) is 0 Å². The molecule has 2 aromatic heterocycles. The van der Waals surface area contributed by atoms with Crippen molar-refractivity contribution in [2.75, 3.05) is 5.73 Å². The van der Waals surface area contributed by atoms with E-state index in [1.165, 1.54) is 16.9 Å². The first-order valence-electron chi connectivity index (χ1n) is 11.0. The molecule has 2 N–H and O–H groups in total. The predicted molar refractivity (Wildman–Crippen MR) is 139 cm³/mol. The Hall–Kier alpha value is -4.00. The molecule has 0 radical (unpaired) electrons. The van der Waals surface area contributed by atoms with E-state index in [0.29, 0.717) is 11.7 Å². The quantitative estimate of drug-likeness (QED) is 0.231. The highest BCUT2D eigenvalue weighted by atomic mass is 35.5. The zero-order valence-electron chi connectivity index (χ0n) is 19.1. The summed E-state index contributed by atoms with van der Waals surface area (Å²) in [5.74, 6) is 1.25. The number of pyridine rings is 1. The van der Waals surface area contributed by atoms with Gasteiger partial charge in [0.05, 0.1) is 11.4 Å². The Bertz CT molecular complexity index is 1490. The number of nitrogen functional groups attached to an aromatic ring is 1. The van der Waals surface area contributed by atoms with E-state index in [1.54, 1.807) is 0 Å². The van der Waals surface area contributed by atoms with Crippen LogP contribution in [0.1, 0.15) is 11.1 Å². The Morgan fingerprint density at radius 3 is 2.06 bits per heavy atom. The molecular weight excluding hydrogens is 474 g/mol. The molecule has 5 aromatic rings. The fourth-order valence-corrected chi connectivity index (χ4v) is 4.60. The van der Waals surface area contributed by atoms with Gasteiger partial charge in [-0.15, -0.1) is 0 Å². The smallest absolute Gasteiger partial charge is 0.311 e. The number of para-hydroxylation sites is 2. The van der Waals surface area contributed by atoms with Gasteiger partial charge in [0.2, 0.25) is 4.80 Å². The number of halogens is 1. The van der Waals surface area contributed by atoms with E-state index in [2.05, 4.69) is 31.2 Å². The van der Waals surface area contributed by atoms with Crippen LogP contribution in [0.4, 0.5) is 11.5 Å². The van der Waals surface area contributed by atoms with Crippen LogP contribution in [0.15, 0.2) is 126 Å². The molecule has 5 rings (SSSR count). The summed E-state index contributed by atoms with van der Waals surface area (Å²) in [6.45, 7) is 2.07. The van der Waals surface area contributed by atoms with Crippen molar-refractivity contribution in [3.05, 3.63) is 131 Å². The number of rotatable bonds is 4. The fourth-order valence-electron chi connectivity index (χ4n) is 3.57. The molecule has 5 nitrogen and oxygen atoms in total. The molecule has 0 aliphatic rings. The topological polar surface area (TPSA) is 59.5 Å². The Balaban J connectivity index is 0.00000289. The summed E-state index contributed by atoms with van der Waals surface area (Å²) < 4.78 is 3.99. The van der Waals surface area contributed by atoms with Gasteiger partial charge in [-0.1, -0.05) is 72.3 Å². The number of amidine groups is 1. The van der Waals surface area contributed by atoms with Crippen LogP contribution in [0, 0.1) is 6.92 Å². The van der Waals surface area contributed by atoms with Crippen LogP contribution < -0.4 is 27.5 Å². The second-order valence-electron chi connectivity index (χ2n) is 7.78. The zero-order valence-corrected chi connectivity index (χ0v) is 20.7. The molecule has 2 heterocycles. The Morgan fingerprint density at radius 1 is 0.800 bits per heavy atom. The number of nitrogens with two attached hydrogens (primary N) is 1. The van der Waals surface area contributed by atoms with E-state index in [0.717, 1.165) is 26.7 Å². The van der Waals surface area contributed by atoms with E-state index < -0.39 is 0 Å². The van der Waals surface area contributed by atoms with E-state index >= 15 is 0 Å². The minimum Gasteiger partial charge on any atom is -1.00 e. The second-order valence-corrected chi connectivity index (χ2v) is 8.73. The van der Waals surface area contributed by atoms with Crippen LogP contribution in [0.3, 0.4) is 0 Å². The summed E-state index contributed by atoms with van der Waals surface area (Å²) in [5.41, 5.74) is 10.6. The normalized spacial score (nSPS) is 11.8. The number of aromatic nitrogens is 2. The number of thiazole rings is 1. The molecule has 0 bridgehead atoms. The van der Waals surface area contributed by atoms with Gasteiger partial charge in [0.1, 0.15) is 0 Å². The standard InChI is InChI=1S/C28H24N5S.ClH/c1-21-15-17-22(18-16-21)26(30-23-11-5-2-6-12-23)31-28-33(24-13-7-3-8-14-24)25(29)27(34-28)32-19-9-4-10-20-32;/h2-20H,29H2,1H3;1H/q+1;/p-1. The van der Waals surface area contributed by atoms with E-state index in [1.807, 2.05) is 100 Å². The van der Waals surface area contributed by atoms with Crippen molar-refractivity contribution in [3.63, 3.8) is 0 Å². The van der Waals surface area contributed by atoms with Gasteiger partial charge in [-0.25, -0.2) is 4.99 Å². The lowest BCUT2D eigenvalue weighted by atomic mass is 10.1. The summed E-state index contributed by atoms with van der Waals surface area (Å²) in [6, 6.07) is 34.1. The van der Waals surface area contributed by atoms with E-state index in [-0.39, 0.29) is 12.4 Å². The lowest BCUT2D eigenvalue weighted by Crippen LogP contribution is -3.00. The van der Waals surface area contributed by atoms with Gasteiger partial charge in [0.15, 0.2) is 24.0 Å². The number of anilines is 1. The molecule has 174 valence electrons. The minimum absolute atomic E-state index is 0. The monoisotopic (exact) mass is 497 g/mol. The van der Waals surface area contributed by atoms with Gasteiger partial charge in [-0.2, -0.15) is 9.56 Å². The van der Waals surface area contributed by atoms with Crippen molar-refractivity contribution in [1.29, 1.82) is 0 Å². The maximum atomic E-state index is 6.71. The third-order valence-electron chi connectivity index (χ3n) is 5.31. The lowest BCUT2D eigenvalue weighted by Gasteiger charge is -2.06. The zero-order chi connectivity index (χ0) is 23.3. The van der Waals surface area contributed by atoms with Gasteiger partial charge in [-0.3, -0.25) is 4.57 Å². The van der Waals surface area contributed by atoms with Crippen molar-refractivity contribution in [3.8, 4) is 10.7 Å². The molecule has 7 heteroatoms. The largest absolute Gasteiger partial charge is 1.00 e. The van der Waals surface area contributed by atoms with Crippen molar-refractivity contribution in [2.45, 2.75) is 6.92 Å². The molecule has 0 unspecified atom stereocenters. The summed E-state index contributed by atoms with van der Waals surface area (Å²) in [7, 11) is 0. The average molecular weight is 498 g/mol. The molecule has 0 aliphatic heterocycles. The Morgan fingerprint density at radius 2 is 1.40 bits per heavy atom. The summed E-state index contributed by atoms with van der Waals surface area (Å²) >= 11 is 1.52. The number of hydrogen-bond donors (Lipinski definition) is 1. The SMILES string of the molecule is Cc1ccc(C(=Nc2ccccc2)N=c2sc(-[n+]3ccccc3)c(N)n2-c2ccccc2)cc1.[Cl-]. The van der Waals surface area contributed by atoms with Crippen molar-refractivity contribution >= 4 is 28.7 Å².